The van der Waals surface area contributed by atoms with Gasteiger partial charge in [-0.1, -0.05) is 73.7 Å². The molecule has 2 atom stereocenters. The van der Waals surface area contributed by atoms with Crippen LogP contribution in [0.25, 0.3) is 0 Å². The van der Waals surface area contributed by atoms with Crippen molar-refractivity contribution >= 4 is 17.7 Å². The Bertz CT molecular complexity index is 1440. The number of carboxylic acids is 1. The van der Waals surface area contributed by atoms with E-state index in [1.807, 2.05) is 60.5 Å². The molecule has 1 N–H and O–H groups in total. The highest BCUT2D eigenvalue weighted by molar-refractivity contribution is 5.75. The zero-order valence-electron chi connectivity index (χ0n) is 26.7. The number of carbonyl (C=O) groups excluding carboxylic acids is 1. The third-order valence-electron chi connectivity index (χ3n) is 8.91. The summed E-state index contributed by atoms with van der Waals surface area (Å²) in [5, 5.41) is 21.1. The Morgan fingerprint density at radius 2 is 1.67 bits per heavy atom. The van der Waals surface area contributed by atoms with Crippen LogP contribution in [0.4, 0.5) is 10.5 Å². The standard InChI is InChI=1S/C36H44N4O6/c1-4-22-39(35(43)46-26-28-15-17-32(18-16-28)40(44)45)31-19-23-38(24-20-31)25-21-36(2,30-13-9-6-10-14-30)27-37(3)33(34(41)42)29-11-7-5-8-12-29/h4-18,31,33H,1,19-27H2,2-3H3,(H,41,42). The Balaban J connectivity index is 1.36. The largest absolute Gasteiger partial charge is 0.480 e. The van der Waals surface area contributed by atoms with E-state index in [0.717, 1.165) is 44.5 Å². The van der Waals surface area contributed by atoms with E-state index in [1.54, 1.807) is 23.1 Å². The van der Waals surface area contributed by atoms with E-state index >= 15 is 0 Å². The number of nitrogens with zero attached hydrogens (tertiary/aromatic N) is 4. The maximum atomic E-state index is 13.1. The monoisotopic (exact) mass is 628 g/mol. The number of nitro benzene ring substituents is 1. The molecule has 2 unspecified atom stereocenters. The van der Waals surface area contributed by atoms with Crippen molar-refractivity contribution in [2.45, 2.75) is 50.3 Å². The third kappa shape index (κ3) is 9.02. The van der Waals surface area contributed by atoms with Gasteiger partial charge in [-0.15, -0.1) is 6.58 Å². The zero-order chi connectivity index (χ0) is 33.1. The summed E-state index contributed by atoms with van der Waals surface area (Å²) in [7, 11) is 1.88. The second-order valence-corrected chi connectivity index (χ2v) is 12.2. The van der Waals surface area contributed by atoms with Crippen molar-refractivity contribution in [1.82, 2.24) is 14.7 Å². The SMILES string of the molecule is C=CCN(C(=O)OCc1ccc([N+](=O)[O-])cc1)C1CCN(CCC(C)(CN(C)C(C(=O)O)c2ccccc2)c2ccccc2)CC1. The number of likely N-dealkylation sites (N-methyl/N-ethyl adjacent to an activating group) is 1. The first-order valence-corrected chi connectivity index (χ1v) is 15.6. The summed E-state index contributed by atoms with van der Waals surface area (Å²) in [6.45, 7) is 9.46. The fraction of sp³-hybridized carbons (Fsp3) is 0.389. The number of benzene rings is 3. The molecule has 46 heavy (non-hydrogen) atoms. The normalized spacial score (nSPS) is 15.9. The number of hydrogen-bond acceptors (Lipinski definition) is 7. The lowest BCUT2D eigenvalue weighted by Crippen LogP contribution is -2.49. The highest BCUT2D eigenvalue weighted by Crippen LogP contribution is 2.33. The topological polar surface area (TPSA) is 116 Å². The van der Waals surface area contributed by atoms with Crippen LogP contribution in [0.2, 0.25) is 0 Å². The van der Waals surface area contributed by atoms with Gasteiger partial charge in [0.25, 0.3) is 5.69 Å². The summed E-state index contributed by atoms with van der Waals surface area (Å²) >= 11 is 0. The zero-order valence-corrected chi connectivity index (χ0v) is 26.7. The molecule has 1 saturated heterocycles. The first-order valence-electron chi connectivity index (χ1n) is 15.6. The minimum absolute atomic E-state index is 0.00690. The van der Waals surface area contributed by atoms with E-state index < -0.39 is 23.0 Å². The van der Waals surface area contributed by atoms with E-state index in [1.165, 1.54) is 17.7 Å². The van der Waals surface area contributed by atoms with Crippen LogP contribution in [-0.2, 0) is 21.6 Å². The Morgan fingerprint density at radius 3 is 2.24 bits per heavy atom. The van der Waals surface area contributed by atoms with Gasteiger partial charge in [-0.2, -0.15) is 0 Å². The molecule has 4 rings (SSSR count). The number of piperidine rings is 1. The number of non-ortho nitro benzene ring substituents is 1. The lowest BCUT2D eigenvalue weighted by Gasteiger charge is -2.41. The van der Waals surface area contributed by atoms with Gasteiger partial charge < -0.3 is 19.6 Å². The molecule has 0 aromatic heterocycles. The van der Waals surface area contributed by atoms with Gasteiger partial charge in [0.2, 0.25) is 0 Å². The van der Waals surface area contributed by atoms with Gasteiger partial charge >= 0.3 is 12.1 Å². The van der Waals surface area contributed by atoms with Crippen LogP contribution in [0.3, 0.4) is 0 Å². The van der Waals surface area contributed by atoms with Gasteiger partial charge in [0.15, 0.2) is 0 Å². The Hall–Kier alpha value is -4.54. The molecule has 0 bridgehead atoms. The second-order valence-electron chi connectivity index (χ2n) is 12.2. The maximum Gasteiger partial charge on any atom is 0.410 e. The molecule has 0 saturated carbocycles. The second kappa shape index (κ2) is 16.1. The van der Waals surface area contributed by atoms with Gasteiger partial charge in [0.05, 0.1) is 4.92 Å². The van der Waals surface area contributed by atoms with Crippen LogP contribution in [0, 0.1) is 10.1 Å². The first-order chi connectivity index (χ1) is 22.1. The highest BCUT2D eigenvalue weighted by atomic mass is 16.6. The number of carboxylic acid groups (broad SMARTS) is 1. The van der Waals surface area contributed by atoms with Crippen LogP contribution >= 0.6 is 0 Å². The lowest BCUT2D eigenvalue weighted by molar-refractivity contribution is -0.384. The molecular formula is C36H44N4O6. The van der Waals surface area contributed by atoms with Crippen LogP contribution in [0.15, 0.2) is 97.6 Å². The van der Waals surface area contributed by atoms with E-state index in [-0.39, 0.29) is 23.8 Å². The number of rotatable bonds is 15. The van der Waals surface area contributed by atoms with Crippen molar-refractivity contribution in [2.75, 3.05) is 39.8 Å². The van der Waals surface area contributed by atoms with Crippen molar-refractivity contribution in [3.8, 4) is 0 Å². The number of nitro groups is 1. The average molecular weight is 629 g/mol. The summed E-state index contributed by atoms with van der Waals surface area (Å²) < 4.78 is 5.58. The predicted octanol–water partition coefficient (Wildman–Crippen LogP) is 6.29. The van der Waals surface area contributed by atoms with E-state index in [9.17, 15) is 24.8 Å². The molecular weight excluding hydrogens is 584 g/mol. The van der Waals surface area contributed by atoms with Crippen molar-refractivity contribution in [1.29, 1.82) is 0 Å². The lowest BCUT2D eigenvalue weighted by atomic mass is 9.78. The number of amides is 1. The molecule has 0 aliphatic carbocycles. The van der Waals surface area contributed by atoms with Gasteiger partial charge in [-0.3, -0.25) is 19.8 Å². The minimum atomic E-state index is -0.874. The van der Waals surface area contributed by atoms with Crippen LogP contribution < -0.4 is 0 Å². The molecule has 1 aliphatic heterocycles. The van der Waals surface area contributed by atoms with Crippen molar-refractivity contribution < 1.29 is 24.4 Å². The Labute approximate surface area is 271 Å². The van der Waals surface area contributed by atoms with Crippen LogP contribution in [-0.4, -0.2) is 82.6 Å². The molecule has 10 heteroatoms. The quantitative estimate of drug-likeness (QED) is 0.119. The van der Waals surface area contributed by atoms with E-state index in [0.29, 0.717) is 18.7 Å². The van der Waals surface area contributed by atoms with Crippen molar-refractivity contribution in [3.63, 3.8) is 0 Å². The number of aliphatic carboxylic acids is 1. The van der Waals surface area contributed by atoms with E-state index in [4.69, 9.17) is 4.74 Å². The summed E-state index contributed by atoms with van der Waals surface area (Å²) in [5.74, 6) is -0.874. The molecule has 10 nitrogen and oxygen atoms in total. The Kier molecular flexibility index (Phi) is 12.1. The van der Waals surface area contributed by atoms with Gasteiger partial charge in [0.1, 0.15) is 12.6 Å². The average Bonchev–Trinajstić information content (AvgIpc) is 3.06. The van der Waals surface area contributed by atoms with Crippen molar-refractivity contribution in [3.05, 3.63) is 124 Å². The smallest absolute Gasteiger partial charge is 0.410 e. The third-order valence-corrected chi connectivity index (χ3v) is 8.91. The van der Waals surface area contributed by atoms with Gasteiger partial charge in [0, 0.05) is 49.8 Å². The number of hydrogen-bond donors (Lipinski definition) is 1. The first kappa shape index (κ1) is 34.3. The molecule has 0 radical (unpaired) electrons. The molecule has 244 valence electrons. The molecule has 3 aromatic carbocycles. The van der Waals surface area contributed by atoms with Gasteiger partial charge in [-0.25, -0.2) is 4.79 Å². The van der Waals surface area contributed by atoms with Crippen LogP contribution in [0.5, 0.6) is 0 Å². The molecule has 1 aliphatic rings. The number of carbonyl (C=O) groups is 2. The Morgan fingerprint density at radius 1 is 1.07 bits per heavy atom. The molecule has 0 spiro atoms. The fourth-order valence-corrected chi connectivity index (χ4v) is 6.33. The summed E-state index contributed by atoms with van der Waals surface area (Å²) in [5.41, 5.74) is 2.29. The predicted molar refractivity (Wildman–Crippen MR) is 178 cm³/mol. The summed E-state index contributed by atoms with van der Waals surface area (Å²) in [6, 6.07) is 24.9. The molecule has 1 fully saturated rings. The number of ether oxygens (including phenoxy) is 1. The minimum Gasteiger partial charge on any atom is -0.480 e. The summed E-state index contributed by atoms with van der Waals surface area (Å²) in [4.78, 5) is 42.0. The van der Waals surface area contributed by atoms with E-state index in [2.05, 4.69) is 30.5 Å². The molecule has 1 heterocycles. The number of likely N-dealkylation sites (tertiary alicyclic amines) is 1. The maximum absolute atomic E-state index is 13.1. The molecule has 1 amide bonds. The van der Waals surface area contributed by atoms with Gasteiger partial charge in [-0.05, 0) is 61.7 Å². The molecule has 3 aromatic rings. The fourth-order valence-electron chi connectivity index (χ4n) is 6.33. The van der Waals surface area contributed by atoms with Crippen LogP contribution in [0.1, 0.15) is 48.9 Å². The highest BCUT2D eigenvalue weighted by Gasteiger charge is 2.35. The summed E-state index contributed by atoms with van der Waals surface area (Å²) in [6.07, 6.45) is 3.68. The van der Waals surface area contributed by atoms with Crippen molar-refractivity contribution in [2.24, 2.45) is 0 Å².